The second-order valence-electron chi connectivity index (χ2n) is 3.57. The SMILES string of the molecule is CCCCN(CC)c1ncc(CNC)s1. The average molecular weight is 227 g/mol. The molecule has 1 rings (SSSR count). The Morgan fingerprint density at radius 3 is 2.87 bits per heavy atom. The number of anilines is 1. The van der Waals surface area contributed by atoms with Crippen molar-refractivity contribution in [3.8, 4) is 0 Å². The number of aromatic nitrogens is 1. The highest BCUT2D eigenvalue weighted by molar-refractivity contribution is 7.15. The largest absolute Gasteiger partial charge is 0.348 e. The van der Waals surface area contributed by atoms with Gasteiger partial charge in [-0.2, -0.15) is 0 Å². The Hall–Kier alpha value is -0.610. The third kappa shape index (κ3) is 3.80. The van der Waals surface area contributed by atoms with Crippen LogP contribution in [0.2, 0.25) is 0 Å². The first kappa shape index (κ1) is 12.5. The fraction of sp³-hybridized carbons (Fsp3) is 0.727. The minimum absolute atomic E-state index is 0.920. The van der Waals surface area contributed by atoms with Crippen LogP contribution < -0.4 is 10.2 Å². The zero-order chi connectivity index (χ0) is 11.1. The van der Waals surface area contributed by atoms with Crippen molar-refractivity contribution < 1.29 is 0 Å². The minimum Gasteiger partial charge on any atom is -0.348 e. The summed E-state index contributed by atoms with van der Waals surface area (Å²) in [5.74, 6) is 0. The molecule has 4 heteroatoms. The summed E-state index contributed by atoms with van der Waals surface area (Å²) in [7, 11) is 1.97. The van der Waals surface area contributed by atoms with Gasteiger partial charge in [-0.3, -0.25) is 0 Å². The molecule has 15 heavy (non-hydrogen) atoms. The fourth-order valence-corrected chi connectivity index (χ4v) is 2.45. The maximum absolute atomic E-state index is 4.46. The third-order valence-corrected chi connectivity index (χ3v) is 3.38. The second-order valence-corrected chi connectivity index (χ2v) is 4.67. The highest BCUT2D eigenvalue weighted by atomic mass is 32.1. The molecule has 0 aliphatic heterocycles. The van der Waals surface area contributed by atoms with Crippen molar-refractivity contribution in [2.75, 3.05) is 25.0 Å². The number of unbranched alkanes of at least 4 members (excludes halogenated alkanes) is 1. The van der Waals surface area contributed by atoms with Crippen molar-refractivity contribution in [2.45, 2.75) is 33.2 Å². The van der Waals surface area contributed by atoms with Crippen molar-refractivity contribution in [1.29, 1.82) is 0 Å². The lowest BCUT2D eigenvalue weighted by Gasteiger charge is -2.18. The van der Waals surface area contributed by atoms with E-state index in [9.17, 15) is 0 Å². The van der Waals surface area contributed by atoms with Crippen molar-refractivity contribution in [3.63, 3.8) is 0 Å². The summed E-state index contributed by atoms with van der Waals surface area (Å²) in [4.78, 5) is 8.13. The van der Waals surface area contributed by atoms with E-state index < -0.39 is 0 Å². The first-order chi connectivity index (χ1) is 7.31. The van der Waals surface area contributed by atoms with Gasteiger partial charge in [0, 0.05) is 30.7 Å². The minimum atomic E-state index is 0.920. The van der Waals surface area contributed by atoms with E-state index in [-0.39, 0.29) is 0 Å². The van der Waals surface area contributed by atoms with Crippen LogP contribution in [0.5, 0.6) is 0 Å². The van der Waals surface area contributed by atoms with Gasteiger partial charge in [0.25, 0.3) is 0 Å². The molecule has 1 aromatic heterocycles. The molecular formula is C11H21N3S. The lowest BCUT2D eigenvalue weighted by Crippen LogP contribution is -2.23. The Morgan fingerprint density at radius 2 is 2.27 bits per heavy atom. The van der Waals surface area contributed by atoms with Crippen LogP contribution >= 0.6 is 11.3 Å². The van der Waals surface area contributed by atoms with Gasteiger partial charge in [0.2, 0.25) is 0 Å². The maximum Gasteiger partial charge on any atom is 0.185 e. The number of nitrogens with one attached hydrogen (secondary N) is 1. The van der Waals surface area contributed by atoms with Crippen LogP contribution in [0.15, 0.2) is 6.20 Å². The predicted molar refractivity (Wildman–Crippen MR) is 67.7 cm³/mol. The van der Waals surface area contributed by atoms with Gasteiger partial charge in [0.05, 0.1) is 0 Å². The van der Waals surface area contributed by atoms with E-state index in [0.717, 1.165) is 24.8 Å². The van der Waals surface area contributed by atoms with E-state index in [1.54, 1.807) is 11.3 Å². The Labute approximate surface area is 96.5 Å². The molecule has 0 radical (unpaired) electrons. The zero-order valence-corrected chi connectivity index (χ0v) is 10.7. The first-order valence-corrected chi connectivity index (χ1v) is 6.47. The summed E-state index contributed by atoms with van der Waals surface area (Å²) in [6.07, 6.45) is 4.46. The van der Waals surface area contributed by atoms with Crippen LogP contribution in [-0.4, -0.2) is 25.1 Å². The Morgan fingerprint density at radius 1 is 1.47 bits per heavy atom. The van der Waals surface area contributed by atoms with Gasteiger partial charge in [-0.05, 0) is 20.4 Å². The van der Waals surface area contributed by atoms with E-state index in [0.29, 0.717) is 0 Å². The van der Waals surface area contributed by atoms with Crippen molar-refractivity contribution in [3.05, 3.63) is 11.1 Å². The van der Waals surface area contributed by atoms with Crippen LogP contribution in [0, 0.1) is 0 Å². The Balaban J connectivity index is 2.57. The molecule has 86 valence electrons. The van der Waals surface area contributed by atoms with Gasteiger partial charge in [-0.25, -0.2) is 4.98 Å². The van der Waals surface area contributed by atoms with Crippen LogP contribution in [-0.2, 0) is 6.54 Å². The lowest BCUT2D eigenvalue weighted by molar-refractivity contribution is 0.730. The summed E-state index contributed by atoms with van der Waals surface area (Å²) in [5.41, 5.74) is 0. The van der Waals surface area contributed by atoms with Crippen molar-refractivity contribution in [1.82, 2.24) is 10.3 Å². The van der Waals surface area contributed by atoms with E-state index in [1.165, 1.54) is 17.7 Å². The van der Waals surface area contributed by atoms with Crippen LogP contribution in [0.25, 0.3) is 0 Å². The highest BCUT2D eigenvalue weighted by Crippen LogP contribution is 2.22. The number of hydrogen-bond acceptors (Lipinski definition) is 4. The smallest absolute Gasteiger partial charge is 0.185 e. The van der Waals surface area contributed by atoms with Crippen molar-refractivity contribution >= 4 is 16.5 Å². The molecule has 3 nitrogen and oxygen atoms in total. The van der Waals surface area contributed by atoms with Gasteiger partial charge in [0.1, 0.15) is 0 Å². The summed E-state index contributed by atoms with van der Waals surface area (Å²) in [6, 6.07) is 0. The molecule has 0 amide bonds. The van der Waals surface area contributed by atoms with E-state index in [2.05, 4.69) is 29.0 Å². The van der Waals surface area contributed by atoms with Gasteiger partial charge >= 0.3 is 0 Å². The van der Waals surface area contributed by atoms with E-state index in [1.807, 2.05) is 13.2 Å². The Kier molecular flexibility index (Phi) is 5.65. The molecule has 0 atom stereocenters. The predicted octanol–water partition coefficient (Wildman–Crippen LogP) is 2.49. The molecule has 1 aromatic rings. The standard InChI is InChI=1S/C11H21N3S/c1-4-6-7-14(5-2)11-13-9-10(15-11)8-12-3/h9,12H,4-8H2,1-3H3. The first-order valence-electron chi connectivity index (χ1n) is 5.66. The van der Waals surface area contributed by atoms with E-state index in [4.69, 9.17) is 0 Å². The van der Waals surface area contributed by atoms with E-state index >= 15 is 0 Å². The number of rotatable bonds is 7. The molecular weight excluding hydrogens is 206 g/mol. The number of thiazole rings is 1. The molecule has 0 saturated carbocycles. The molecule has 0 saturated heterocycles. The topological polar surface area (TPSA) is 28.2 Å². The van der Waals surface area contributed by atoms with Gasteiger partial charge < -0.3 is 10.2 Å². The van der Waals surface area contributed by atoms with Gasteiger partial charge in [-0.15, -0.1) is 11.3 Å². The third-order valence-electron chi connectivity index (χ3n) is 2.33. The number of hydrogen-bond donors (Lipinski definition) is 1. The monoisotopic (exact) mass is 227 g/mol. The van der Waals surface area contributed by atoms with Gasteiger partial charge in [0.15, 0.2) is 5.13 Å². The molecule has 0 fully saturated rings. The van der Waals surface area contributed by atoms with Gasteiger partial charge in [-0.1, -0.05) is 13.3 Å². The second kappa shape index (κ2) is 6.80. The summed E-state index contributed by atoms with van der Waals surface area (Å²) in [5, 5.41) is 4.31. The Bertz CT molecular complexity index is 273. The molecule has 0 aromatic carbocycles. The molecule has 1 heterocycles. The van der Waals surface area contributed by atoms with Crippen LogP contribution in [0.1, 0.15) is 31.6 Å². The van der Waals surface area contributed by atoms with Crippen LogP contribution in [0.4, 0.5) is 5.13 Å². The molecule has 0 unspecified atom stereocenters. The highest BCUT2D eigenvalue weighted by Gasteiger charge is 2.08. The number of nitrogens with zero attached hydrogens (tertiary/aromatic N) is 2. The normalized spacial score (nSPS) is 10.6. The molecule has 1 N–H and O–H groups in total. The molecule has 0 spiro atoms. The summed E-state index contributed by atoms with van der Waals surface area (Å²) in [6.45, 7) is 7.51. The molecule has 0 aliphatic carbocycles. The molecule has 0 aliphatic rings. The zero-order valence-electron chi connectivity index (χ0n) is 9.92. The average Bonchev–Trinajstić information content (AvgIpc) is 2.68. The van der Waals surface area contributed by atoms with Crippen LogP contribution in [0.3, 0.4) is 0 Å². The fourth-order valence-electron chi connectivity index (χ4n) is 1.44. The lowest BCUT2D eigenvalue weighted by atomic mass is 10.3. The maximum atomic E-state index is 4.46. The summed E-state index contributed by atoms with van der Waals surface area (Å²) >= 11 is 1.79. The molecule has 0 bridgehead atoms. The van der Waals surface area contributed by atoms with Crippen molar-refractivity contribution in [2.24, 2.45) is 0 Å². The summed E-state index contributed by atoms with van der Waals surface area (Å²) < 4.78 is 0. The quantitative estimate of drug-likeness (QED) is 0.775.